The first kappa shape index (κ1) is 15.6. The van der Waals surface area contributed by atoms with Crippen LogP contribution >= 0.6 is 11.6 Å². The molecular weight excluding hydrogens is 312 g/mol. The average Bonchev–Trinajstić information content (AvgIpc) is 2.56. The first-order valence-corrected chi connectivity index (χ1v) is 7.76. The zero-order valence-electron chi connectivity index (χ0n) is 13.1. The van der Waals surface area contributed by atoms with Crippen molar-refractivity contribution >= 4 is 23.5 Å². The fourth-order valence-corrected chi connectivity index (χ4v) is 3.13. The van der Waals surface area contributed by atoms with Gasteiger partial charge in [-0.3, -0.25) is 4.79 Å². The lowest BCUT2D eigenvalue weighted by Crippen LogP contribution is -2.15. The molecule has 0 radical (unpaired) electrons. The Morgan fingerprint density at radius 3 is 2.61 bits per heavy atom. The van der Waals surface area contributed by atoms with Crippen LogP contribution in [0.2, 0.25) is 5.02 Å². The molecule has 3 rings (SSSR count). The van der Waals surface area contributed by atoms with Crippen LogP contribution < -0.4 is 9.47 Å². The second-order valence-corrected chi connectivity index (χ2v) is 5.82. The first-order chi connectivity index (χ1) is 11.1. The van der Waals surface area contributed by atoms with Crippen molar-refractivity contribution in [2.45, 2.75) is 12.8 Å². The number of halogens is 1. The Bertz CT molecular complexity index is 793. The molecule has 0 aromatic heterocycles. The molecule has 0 heterocycles. The van der Waals surface area contributed by atoms with E-state index in [0.717, 1.165) is 23.1 Å². The number of carbonyl (C=O) groups is 1. The van der Waals surface area contributed by atoms with E-state index in [9.17, 15) is 4.79 Å². The van der Waals surface area contributed by atoms with E-state index in [-0.39, 0.29) is 5.78 Å². The van der Waals surface area contributed by atoms with Crippen molar-refractivity contribution in [3.8, 4) is 11.5 Å². The summed E-state index contributed by atoms with van der Waals surface area (Å²) in [4.78, 5) is 12.8. The molecule has 0 spiro atoms. The highest BCUT2D eigenvalue weighted by Gasteiger charge is 2.26. The van der Waals surface area contributed by atoms with Crippen LogP contribution in [0.3, 0.4) is 0 Å². The fourth-order valence-electron chi connectivity index (χ4n) is 2.93. The highest BCUT2D eigenvalue weighted by molar-refractivity contribution is 6.30. The van der Waals surface area contributed by atoms with Gasteiger partial charge in [-0.1, -0.05) is 23.7 Å². The third-order valence-corrected chi connectivity index (χ3v) is 4.25. The number of rotatable bonds is 3. The number of carbonyl (C=O) groups excluding carboxylic acids is 1. The van der Waals surface area contributed by atoms with E-state index in [1.165, 1.54) is 0 Å². The fraction of sp³-hybridized carbons (Fsp3) is 0.211. The zero-order chi connectivity index (χ0) is 16.4. The molecule has 0 unspecified atom stereocenters. The normalized spacial score (nSPS) is 15.4. The van der Waals surface area contributed by atoms with Crippen LogP contribution in [0, 0.1) is 0 Å². The van der Waals surface area contributed by atoms with E-state index in [2.05, 4.69) is 0 Å². The van der Waals surface area contributed by atoms with Crippen molar-refractivity contribution in [3.63, 3.8) is 0 Å². The Morgan fingerprint density at radius 1 is 1.09 bits per heavy atom. The Labute approximate surface area is 140 Å². The van der Waals surface area contributed by atoms with E-state index in [1.807, 2.05) is 36.4 Å². The predicted octanol–water partition coefficient (Wildman–Crippen LogP) is 4.57. The van der Waals surface area contributed by atoms with Gasteiger partial charge in [0.15, 0.2) is 17.3 Å². The Hall–Kier alpha value is -2.26. The maximum Gasteiger partial charge on any atom is 0.189 e. The van der Waals surface area contributed by atoms with E-state index >= 15 is 0 Å². The monoisotopic (exact) mass is 328 g/mol. The summed E-state index contributed by atoms with van der Waals surface area (Å²) in [5, 5.41) is 0.661. The summed E-state index contributed by atoms with van der Waals surface area (Å²) < 4.78 is 10.7. The topological polar surface area (TPSA) is 35.5 Å². The van der Waals surface area contributed by atoms with Gasteiger partial charge in [0.1, 0.15) is 0 Å². The summed E-state index contributed by atoms with van der Waals surface area (Å²) >= 11 is 6.01. The van der Waals surface area contributed by atoms with Gasteiger partial charge < -0.3 is 9.47 Å². The van der Waals surface area contributed by atoms with Crippen molar-refractivity contribution in [3.05, 3.63) is 63.7 Å². The predicted molar refractivity (Wildman–Crippen MR) is 91.6 cm³/mol. The third-order valence-electron chi connectivity index (χ3n) is 4.02. The van der Waals surface area contributed by atoms with Gasteiger partial charge in [0.05, 0.1) is 14.2 Å². The van der Waals surface area contributed by atoms with Crippen LogP contribution in [0.25, 0.3) is 6.08 Å². The standard InChI is InChI=1S/C19H17ClO3/c1-22-17-9-8-15-16(19(17)23-2)7-6-13(18(15)21)10-12-4-3-5-14(20)11-12/h3-5,8-11H,6-7H2,1-2H3. The summed E-state index contributed by atoms with van der Waals surface area (Å²) in [6, 6.07) is 11.1. The van der Waals surface area contributed by atoms with Gasteiger partial charge in [0.2, 0.25) is 0 Å². The summed E-state index contributed by atoms with van der Waals surface area (Å²) in [5.74, 6) is 1.34. The van der Waals surface area contributed by atoms with Crippen molar-refractivity contribution in [2.24, 2.45) is 0 Å². The molecule has 0 atom stereocenters. The lowest BCUT2D eigenvalue weighted by Gasteiger charge is -2.21. The van der Waals surface area contributed by atoms with Gasteiger partial charge in [0, 0.05) is 21.7 Å². The Balaban J connectivity index is 2.01. The molecule has 3 nitrogen and oxygen atoms in total. The van der Waals surface area contributed by atoms with Crippen LogP contribution in [-0.4, -0.2) is 20.0 Å². The van der Waals surface area contributed by atoms with Crippen LogP contribution in [-0.2, 0) is 6.42 Å². The minimum atomic E-state index is 0.0344. The SMILES string of the molecule is COc1ccc2c(c1OC)CCC(=Cc1cccc(Cl)c1)C2=O. The number of hydrogen-bond donors (Lipinski definition) is 0. The van der Waals surface area contributed by atoms with E-state index in [1.54, 1.807) is 20.3 Å². The minimum Gasteiger partial charge on any atom is -0.493 e. The molecule has 1 aliphatic carbocycles. The molecule has 1 aliphatic rings. The number of hydrogen-bond acceptors (Lipinski definition) is 3. The lowest BCUT2D eigenvalue weighted by molar-refractivity contribution is 0.102. The molecule has 0 bridgehead atoms. The van der Waals surface area contributed by atoms with Crippen molar-refractivity contribution < 1.29 is 14.3 Å². The molecular formula is C19H17ClO3. The molecule has 0 fully saturated rings. The Kier molecular flexibility index (Phi) is 4.39. The van der Waals surface area contributed by atoms with E-state index < -0.39 is 0 Å². The molecule has 118 valence electrons. The van der Waals surface area contributed by atoms with Gasteiger partial charge in [0.25, 0.3) is 0 Å². The number of Topliss-reactive ketones (excluding diaryl/α,β-unsaturated/α-hetero) is 1. The zero-order valence-corrected chi connectivity index (χ0v) is 13.8. The summed E-state index contributed by atoms with van der Waals surface area (Å²) in [6.07, 6.45) is 3.32. The van der Waals surface area contributed by atoms with Gasteiger partial charge in [-0.05, 0) is 48.7 Å². The van der Waals surface area contributed by atoms with Crippen LogP contribution in [0.4, 0.5) is 0 Å². The van der Waals surface area contributed by atoms with Crippen molar-refractivity contribution in [1.29, 1.82) is 0 Å². The van der Waals surface area contributed by atoms with Gasteiger partial charge in [-0.15, -0.1) is 0 Å². The average molecular weight is 329 g/mol. The second-order valence-electron chi connectivity index (χ2n) is 5.38. The van der Waals surface area contributed by atoms with Crippen molar-refractivity contribution in [1.82, 2.24) is 0 Å². The number of ether oxygens (including phenoxy) is 2. The number of fused-ring (bicyclic) bond motifs is 1. The van der Waals surface area contributed by atoms with Crippen LogP contribution in [0.1, 0.15) is 27.9 Å². The van der Waals surface area contributed by atoms with Gasteiger partial charge in [-0.25, -0.2) is 0 Å². The van der Waals surface area contributed by atoms with Crippen LogP contribution in [0.15, 0.2) is 42.0 Å². The molecule has 0 saturated heterocycles. The van der Waals surface area contributed by atoms with E-state index in [4.69, 9.17) is 21.1 Å². The number of ketones is 1. The quantitative estimate of drug-likeness (QED) is 0.774. The maximum atomic E-state index is 12.8. The third kappa shape index (κ3) is 2.97. The molecule has 23 heavy (non-hydrogen) atoms. The van der Waals surface area contributed by atoms with Gasteiger partial charge >= 0.3 is 0 Å². The number of benzene rings is 2. The molecule has 0 N–H and O–H groups in total. The van der Waals surface area contributed by atoms with Gasteiger partial charge in [-0.2, -0.15) is 0 Å². The first-order valence-electron chi connectivity index (χ1n) is 7.38. The molecule has 4 heteroatoms. The number of allylic oxidation sites excluding steroid dienone is 1. The largest absolute Gasteiger partial charge is 0.493 e. The molecule has 2 aromatic carbocycles. The summed E-state index contributed by atoms with van der Waals surface area (Å²) in [7, 11) is 3.19. The summed E-state index contributed by atoms with van der Waals surface area (Å²) in [5.41, 5.74) is 3.32. The maximum absolute atomic E-state index is 12.8. The summed E-state index contributed by atoms with van der Waals surface area (Å²) in [6.45, 7) is 0. The molecule has 0 saturated carbocycles. The van der Waals surface area contributed by atoms with Crippen LogP contribution in [0.5, 0.6) is 11.5 Å². The lowest BCUT2D eigenvalue weighted by atomic mass is 9.85. The molecule has 2 aromatic rings. The van der Waals surface area contributed by atoms with E-state index in [0.29, 0.717) is 28.5 Å². The number of methoxy groups -OCH3 is 2. The Morgan fingerprint density at radius 2 is 1.91 bits per heavy atom. The second kappa shape index (κ2) is 6.47. The highest BCUT2D eigenvalue weighted by Crippen LogP contribution is 2.38. The molecule has 0 amide bonds. The molecule has 0 aliphatic heterocycles. The minimum absolute atomic E-state index is 0.0344. The highest BCUT2D eigenvalue weighted by atomic mass is 35.5. The smallest absolute Gasteiger partial charge is 0.189 e. The van der Waals surface area contributed by atoms with Crippen molar-refractivity contribution in [2.75, 3.05) is 14.2 Å².